The minimum atomic E-state index is -0.964. The van der Waals surface area contributed by atoms with E-state index in [-0.39, 0.29) is 60.9 Å². The molecule has 0 aliphatic carbocycles. The van der Waals surface area contributed by atoms with Gasteiger partial charge in [0.15, 0.2) is 5.91 Å². The molecule has 3 heterocycles. The van der Waals surface area contributed by atoms with Crippen LogP contribution in [0.25, 0.3) is 32.7 Å². The molecule has 2 aromatic heterocycles. The molecule has 0 bridgehead atoms. The van der Waals surface area contributed by atoms with Gasteiger partial charge in [-0.2, -0.15) is 12.1 Å². The van der Waals surface area contributed by atoms with Gasteiger partial charge < -0.3 is 25.6 Å². The SMILES string of the molecule is CC(CO)(CO)NC(=O)[c-]1cccc1.CN1C(=O)c2c(c3c4cc(O)ccc4[n-]c3c3ncc(F)cc23)C1=O.[C-]#[O+].[Ru]. The second kappa shape index (κ2) is 12.6. The molecular formula is C29H23FN4O7Ru-2. The van der Waals surface area contributed by atoms with Crippen molar-refractivity contribution >= 4 is 50.4 Å². The third-order valence-electron chi connectivity index (χ3n) is 6.64. The minimum absolute atomic E-state index is 0. The van der Waals surface area contributed by atoms with Gasteiger partial charge in [0.2, 0.25) is 0 Å². The molecule has 0 spiro atoms. The number of phenols is 1. The average Bonchev–Trinajstić information content (AvgIpc) is 3.70. The number of aromatic hydroxyl groups is 1. The second-order valence-corrected chi connectivity index (χ2v) is 9.51. The van der Waals surface area contributed by atoms with Gasteiger partial charge in [-0.25, -0.2) is 16.5 Å². The van der Waals surface area contributed by atoms with Crippen LogP contribution in [0.5, 0.6) is 5.75 Å². The molecule has 4 N–H and O–H groups in total. The molecular weight excluding hydrogens is 636 g/mol. The van der Waals surface area contributed by atoms with Crippen LogP contribution in [0.3, 0.4) is 0 Å². The number of aliphatic hydroxyl groups excluding tert-OH is 2. The Hall–Kier alpha value is -4.38. The van der Waals surface area contributed by atoms with E-state index in [0.29, 0.717) is 32.9 Å². The number of aliphatic hydroxyl groups is 2. The van der Waals surface area contributed by atoms with E-state index < -0.39 is 23.2 Å². The van der Waals surface area contributed by atoms with Crippen molar-refractivity contribution in [2.24, 2.45) is 0 Å². The summed E-state index contributed by atoms with van der Waals surface area (Å²) in [7, 11) is 1.38. The molecule has 1 aliphatic rings. The third-order valence-corrected chi connectivity index (χ3v) is 6.64. The molecule has 3 aromatic carbocycles. The van der Waals surface area contributed by atoms with E-state index in [1.54, 1.807) is 37.3 Å². The molecule has 0 saturated heterocycles. The summed E-state index contributed by atoms with van der Waals surface area (Å²) in [6.45, 7) is 5.49. The van der Waals surface area contributed by atoms with E-state index in [9.17, 15) is 23.9 Å². The largest absolute Gasteiger partial charge is 0 e. The van der Waals surface area contributed by atoms with Crippen molar-refractivity contribution in [3.05, 3.63) is 83.9 Å². The molecule has 218 valence electrons. The van der Waals surface area contributed by atoms with Gasteiger partial charge in [-0.1, -0.05) is 11.6 Å². The Balaban J connectivity index is 0.000000245. The standard InChI is InChI=1S/C18H10FN3O3.C10H14NO3.CO.Ru/c1-22-17(24)13-10-4-7(19)6-20-15(10)16-12(14(13)18(22)25)9-5-8(23)2-3-11(9)21-16;1-10(6-12,7-13)11-9(14)8-4-2-3-5-8;1-2;/h2-6H,1H3,(H2,20,21,23,24,25);2-5,12-13H,6-7H2,1H3,(H,11,14);;/q;-1;;/p-1. The number of rotatable bonds is 4. The number of pyridine rings is 1. The van der Waals surface area contributed by atoms with Crippen molar-refractivity contribution < 1.29 is 58.2 Å². The molecule has 6 rings (SSSR count). The van der Waals surface area contributed by atoms with Crippen molar-refractivity contribution in [1.29, 1.82) is 0 Å². The van der Waals surface area contributed by atoms with Crippen molar-refractivity contribution in [3.8, 4) is 5.75 Å². The number of nitrogens with zero attached hydrogens (tertiary/aromatic N) is 3. The summed E-state index contributed by atoms with van der Waals surface area (Å²) in [5.74, 6) is -1.85. The number of amides is 3. The average molecular weight is 660 g/mol. The van der Waals surface area contributed by atoms with Crippen LogP contribution in [-0.2, 0) is 24.1 Å². The zero-order valence-electron chi connectivity index (χ0n) is 22.2. The summed E-state index contributed by atoms with van der Waals surface area (Å²) < 4.78 is 21.3. The van der Waals surface area contributed by atoms with Crippen LogP contribution in [0.4, 0.5) is 4.39 Å². The molecule has 13 heteroatoms. The Morgan fingerprint density at radius 1 is 1.12 bits per heavy atom. The molecule has 0 unspecified atom stereocenters. The Kier molecular flexibility index (Phi) is 9.68. The molecule has 0 atom stereocenters. The summed E-state index contributed by atoms with van der Waals surface area (Å²) in [6, 6.07) is 12.7. The van der Waals surface area contributed by atoms with E-state index in [2.05, 4.69) is 21.9 Å². The van der Waals surface area contributed by atoms with Crippen LogP contribution in [0, 0.1) is 12.5 Å². The van der Waals surface area contributed by atoms with E-state index in [4.69, 9.17) is 14.9 Å². The normalized spacial score (nSPS) is 12.3. The van der Waals surface area contributed by atoms with Crippen molar-refractivity contribution in [2.75, 3.05) is 20.3 Å². The quantitative estimate of drug-likeness (QED) is 0.0985. The molecule has 42 heavy (non-hydrogen) atoms. The maximum absolute atomic E-state index is 13.8. The molecule has 0 fully saturated rings. The summed E-state index contributed by atoms with van der Waals surface area (Å²) in [6.07, 6.45) is 1.05. The van der Waals surface area contributed by atoms with Crippen LogP contribution < -0.4 is 10.3 Å². The fraction of sp³-hybridized carbons (Fsp3) is 0.172. The van der Waals surface area contributed by atoms with Crippen LogP contribution in [0.2, 0.25) is 0 Å². The number of benzene rings is 2. The van der Waals surface area contributed by atoms with Crippen LogP contribution in [0.1, 0.15) is 38.0 Å². The monoisotopic (exact) mass is 660 g/mol. The van der Waals surface area contributed by atoms with Crippen molar-refractivity contribution in [2.45, 2.75) is 12.5 Å². The Morgan fingerprint density at radius 3 is 2.36 bits per heavy atom. The third kappa shape index (κ3) is 5.56. The Labute approximate surface area is 250 Å². The number of aromatic nitrogens is 2. The predicted octanol–water partition coefficient (Wildman–Crippen LogP) is 2.41. The van der Waals surface area contributed by atoms with Gasteiger partial charge in [0.1, 0.15) is 11.6 Å². The van der Waals surface area contributed by atoms with Gasteiger partial charge in [0.05, 0.1) is 41.6 Å². The zero-order valence-corrected chi connectivity index (χ0v) is 23.9. The maximum atomic E-state index is 13.8. The number of carbonyl (C=O) groups excluding carboxylic acids is 3. The predicted molar refractivity (Wildman–Crippen MR) is 144 cm³/mol. The molecule has 0 saturated carbocycles. The topological polar surface area (TPSA) is 174 Å². The first-order valence-electron chi connectivity index (χ1n) is 12.1. The molecule has 3 amide bonds. The van der Waals surface area contributed by atoms with Gasteiger partial charge in [0, 0.05) is 31.9 Å². The van der Waals surface area contributed by atoms with Crippen molar-refractivity contribution in [3.63, 3.8) is 0 Å². The molecule has 11 nitrogen and oxygen atoms in total. The Bertz CT molecular complexity index is 1830. The number of hydrogen-bond acceptors (Lipinski definition) is 7. The number of carbonyl (C=O) groups is 3. The number of fused-ring (bicyclic) bond motifs is 8. The van der Waals surface area contributed by atoms with Crippen molar-refractivity contribution in [1.82, 2.24) is 20.2 Å². The fourth-order valence-electron chi connectivity index (χ4n) is 4.49. The number of halogens is 1. The fourth-order valence-corrected chi connectivity index (χ4v) is 4.49. The summed E-state index contributed by atoms with van der Waals surface area (Å²) in [5, 5.41) is 31.6. The van der Waals surface area contributed by atoms with Crippen LogP contribution >= 0.6 is 0 Å². The number of nitrogens with one attached hydrogen (secondary N) is 1. The second-order valence-electron chi connectivity index (χ2n) is 9.51. The van der Waals surface area contributed by atoms with Gasteiger partial charge in [-0.15, -0.1) is 11.0 Å². The number of hydrogen-bond donors (Lipinski definition) is 4. The maximum Gasteiger partial charge on any atom is 0 e. The minimum Gasteiger partial charge on any atom is 0 e. The van der Waals surface area contributed by atoms with E-state index in [1.807, 2.05) is 0 Å². The first kappa shape index (κ1) is 32.1. The summed E-state index contributed by atoms with van der Waals surface area (Å²) in [5.41, 5.74) is 1.18. The Morgan fingerprint density at radius 2 is 1.74 bits per heavy atom. The summed E-state index contributed by atoms with van der Waals surface area (Å²) in [4.78, 5) is 46.4. The van der Waals surface area contributed by atoms with Gasteiger partial charge in [-0.05, 0) is 35.9 Å². The molecule has 5 aromatic rings. The smallest absolute Gasteiger partial charge is 0 e. The summed E-state index contributed by atoms with van der Waals surface area (Å²) >= 11 is 0. The van der Waals surface area contributed by atoms with E-state index >= 15 is 0 Å². The van der Waals surface area contributed by atoms with Crippen LogP contribution in [-0.4, -0.2) is 68.7 Å². The van der Waals surface area contributed by atoms with Gasteiger partial charge in [0.25, 0.3) is 11.8 Å². The van der Waals surface area contributed by atoms with Gasteiger partial charge in [-0.3, -0.25) is 24.3 Å². The first-order valence-corrected chi connectivity index (χ1v) is 12.1. The molecule has 1 aliphatic heterocycles. The van der Waals surface area contributed by atoms with E-state index in [1.165, 1.54) is 25.2 Å². The van der Waals surface area contributed by atoms with Crippen LogP contribution in [0.15, 0.2) is 54.7 Å². The number of imide groups is 1. The van der Waals surface area contributed by atoms with E-state index in [0.717, 1.165) is 11.1 Å². The zero-order chi connectivity index (χ0) is 30.1. The number of phenolic OH excluding ortho intramolecular Hbond substituents is 1. The molecule has 0 radical (unpaired) electrons. The first-order chi connectivity index (χ1) is 19.6. The van der Waals surface area contributed by atoms with Gasteiger partial charge >= 0.3 is 11.3 Å².